The summed E-state index contributed by atoms with van der Waals surface area (Å²) in [5.41, 5.74) is 2.40. The third-order valence-corrected chi connectivity index (χ3v) is 3.91. The standard InChI is InChI=1S/C17H17Br2NO2/c1-10(2)22-17-12(7-13(18)8-14(17)19)9-20-15-6-11(3)4-5-16(15)21/h4-10,21H,1-3H3. The molecule has 116 valence electrons. The monoisotopic (exact) mass is 425 g/mol. The average Bonchev–Trinajstić information content (AvgIpc) is 2.43. The Labute approximate surface area is 147 Å². The number of phenols is 1. The first kappa shape index (κ1) is 17.0. The first-order valence-corrected chi connectivity index (χ1v) is 8.45. The molecule has 0 atom stereocenters. The van der Waals surface area contributed by atoms with E-state index in [0.717, 1.165) is 25.8 Å². The van der Waals surface area contributed by atoms with E-state index >= 15 is 0 Å². The third-order valence-electron chi connectivity index (χ3n) is 2.86. The van der Waals surface area contributed by atoms with Gasteiger partial charge in [0.25, 0.3) is 0 Å². The predicted molar refractivity (Wildman–Crippen MR) is 97.7 cm³/mol. The highest BCUT2D eigenvalue weighted by Gasteiger charge is 2.11. The van der Waals surface area contributed by atoms with Crippen LogP contribution in [0.4, 0.5) is 5.69 Å². The van der Waals surface area contributed by atoms with Crippen molar-refractivity contribution in [3.8, 4) is 11.5 Å². The van der Waals surface area contributed by atoms with Crippen molar-refractivity contribution in [3.05, 3.63) is 50.4 Å². The van der Waals surface area contributed by atoms with Crippen molar-refractivity contribution in [2.75, 3.05) is 0 Å². The molecule has 0 aliphatic rings. The van der Waals surface area contributed by atoms with Crippen LogP contribution >= 0.6 is 31.9 Å². The van der Waals surface area contributed by atoms with Gasteiger partial charge in [0, 0.05) is 16.3 Å². The van der Waals surface area contributed by atoms with Gasteiger partial charge in [-0.2, -0.15) is 0 Å². The summed E-state index contributed by atoms with van der Waals surface area (Å²) < 4.78 is 7.63. The van der Waals surface area contributed by atoms with Crippen LogP contribution in [-0.2, 0) is 0 Å². The molecule has 0 amide bonds. The fourth-order valence-electron chi connectivity index (χ4n) is 1.91. The summed E-state index contributed by atoms with van der Waals surface area (Å²) in [7, 11) is 0. The molecule has 0 radical (unpaired) electrons. The molecule has 5 heteroatoms. The molecule has 22 heavy (non-hydrogen) atoms. The summed E-state index contributed by atoms with van der Waals surface area (Å²) in [5.74, 6) is 0.885. The maximum Gasteiger partial charge on any atom is 0.142 e. The zero-order chi connectivity index (χ0) is 16.3. The van der Waals surface area contributed by atoms with E-state index in [2.05, 4.69) is 36.9 Å². The summed E-state index contributed by atoms with van der Waals surface area (Å²) >= 11 is 6.98. The first-order chi connectivity index (χ1) is 10.4. The molecule has 0 bridgehead atoms. The second-order valence-corrected chi connectivity index (χ2v) is 6.99. The number of aryl methyl sites for hydroxylation is 1. The largest absolute Gasteiger partial charge is 0.506 e. The Kier molecular flexibility index (Phi) is 5.64. The van der Waals surface area contributed by atoms with E-state index in [1.54, 1.807) is 12.3 Å². The van der Waals surface area contributed by atoms with Crippen molar-refractivity contribution < 1.29 is 9.84 Å². The van der Waals surface area contributed by atoms with Gasteiger partial charge in [-0.15, -0.1) is 0 Å². The van der Waals surface area contributed by atoms with E-state index < -0.39 is 0 Å². The minimum atomic E-state index is 0.0528. The van der Waals surface area contributed by atoms with Crippen molar-refractivity contribution in [2.24, 2.45) is 4.99 Å². The number of aliphatic imine (C=N–C) groups is 1. The topological polar surface area (TPSA) is 41.8 Å². The van der Waals surface area contributed by atoms with Crippen LogP contribution in [0.15, 0.2) is 44.3 Å². The van der Waals surface area contributed by atoms with Gasteiger partial charge in [0.1, 0.15) is 17.2 Å². The van der Waals surface area contributed by atoms with Crippen LogP contribution in [0.25, 0.3) is 0 Å². The molecule has 0 aliphatic carbocycles. The Morgan fingerprint density at radius 3 is 2.59 bits per heavy atom. The molecule has 2 rings (SSSR count). The predicted octanol–water partition coefficient (Wildman–Crippen LogP) is 5.76. The molecule has 0 saturated heterocycles. The van der Waals surface area contributed by atoms with E-state index in [9.17, 15) is 5.11 Å². The molecule has 3 nitrogen and oxygen atoms in total. The SMILES string of the molecule is Cc1ccc(O)c(N=Cc2cc(Br)cc(Br)c2OC(C)C)c1. The summed E-state index contributed by atoms with van der Waals surface area (Å²) in [6, 6.07) is 9.18. The highest BCUT2D eigenvalue weighted by atomic mass is 79.9. The molecule has 0 spiro atoms. The molecule has 0 unspecified atom stereocenters. The normalized spacial score (nSPS) is 11.4. The quantitative estimate of drug-likeness (QED) is 0.631. The van der Waals surface area contributed by atoms with Crippen molar-refractivity contribution in [2.45, 2.75) is 26.9 Å². The Morgan fingerprint density at radius 2 is 1.91 bits per heavy atom. The van der Waals surface area contributed by atoms with E-state index in [-0.39, 0.29) is 11.9 Å². The molecule has 0 saturated carbocycles. The maximum absolute atomic E-state index is 9.87. The van der Waals surface area contributed by atoms with Crippen molar-refractivity contribution in [3.63, 3.8) is 0 Å². The van der Waals surface area contributed by atoms with E-state index in [1.807, 2.05) is 45.0 Å². The lowest BCUT2D eigenvalue weighted by atomic mass is 10.2. The number of rotatable bonds is 4. The lowest BCUT2D eigenvalue weighted by molar-refractivity contribution is 0.240. The summed E-state index contributed by atoms with van der Waals surface area (Å²) in [5, 5.41) is 9.87. The number of ether oxygens (including phenoxy) is 1. The van der Waals surface area contributed by atoms with Crippen LogP contribution in [-0.4, -0.2) is 17.4 Å². The average molecular weight is 427 g/mol. The van der Waals surface area contributed by atoms with Gasteiger partial charge < -0.3 is 9.84 Å². The molecule has 0 aliphatic heterocycles. The van der Waals surface area contributed by atoms with Gasteiger partial charge in [-0.1, -0.05) is 22.0 Å². The fraction of sp³-hybridized carbons (Fsp3) is 0.235. The van der Waals surface area contributed by atoms with Crippen LogP contribution in [0.2, 0.25) is 0 Å². The van der Waals surface area contributed by atoms with Gasteiger partial charge in [0.15, 0.2) is 0 Å². The van der Waals surface area contributed by atoms with Crippen LogP contribution in [0, 0.1) is 6.92 Å². The number of benzene rings is 2. The number of hydrogen-bond donors (Lipinski definition) is 1. The molecule has 0 fully saturated rings. The number of aromatic hydroxyl groups is 1. The highest BCUT2D eigenvalue weighted by molar-refractivity contribution is 9.11. The molecule has 2 aromatic rings. The van der Waals surface area contributed by atoms with E-state index in [1.165, 1.54) is 0 Å². The summed E-state index contributed by atoms with van der Waals surface area (Å²) in [6.07, 6.45) is 1.75. The number of hydrogen-bond acceptors (Lipinski definition) is 3. The number of phenolic OH excluding ortho intramolecular Hbond substituents is 1. The molecule has 1 N–H and O–H groups in total. The van der Waals surface area contributed by atoms with Crippen LogP contribution in [0.5, 0.6) is 11.5 Å². The second-order valence-electron chi connectivity index (χ2n) is 5.22. The van der Waals surface area contributed by atoms with Gasteiger partial charge in [0.05, 0.1) is 10.6 Å². The van der Waals surface area contributed by atoms with Gasteiger partial charge in [-0.05, 0) is 66.5 Å². The molecular weight excluding hydrogens is 410 g/mol. The molecular formula is C17H17Br2NO2. The fourth-order valence-corrected chi connectivity index (χ4v) is 3.26. The lowest BCUT2D eigenvalue weighted by Crippen LogP contribution is -2.08. The summed E-state index contributed by atoms with van der Waals surface area (Å²) in [4.78, 5) is 4.39. The lowest BCUT2D eigenvalue weighted by Gasteiger charge is -2.14. The first-order valence-electron chi connectivity index (χ1n) is 6.86. The van der Waals surface area contributed by atoms with E-state index in [4.69, 9.17) is 4.74 Å². The zero-order valence-electron chi connectivity index (χ0n) is 12.6. The second kappa shape index (κ2) is 7.29. The summed E-state index contributed by atoms with van der Waals surface area (Å²) in [6.45, 7) is 5.91. The molecule has 0 aromatic heterocycles. The third kappa shape index (κ3) is 4.34. The molecule has 2 aromatic carbocycles. The van der Waals surface area contributed by atoms with E-state index in [0.29, 0.717) is 5.69 Å². The highest BCUT2D eigenvalue weighted by Crippen LogP contribution is 2.34. The van der Waals surface area contributed by atoms with Crippen molar-refractivity contribution in [1.82, 2.24) is 0 Å². The minimum absolute atomic E-state index is 0.0528. The van der Waals surface area contributed by atoms with Gasteiger partial charge in [0.2, 0.25) is 0 Å². The Hall–Kier alpha value is -1.33. The minimum Gasteiger partial charge on any atom is -0.506 e. The maximum atomic E-state index is 9.87. The van der Waals surface area contributed by atoms with Gasteiger partial charge in [-0.25, -0.2) is 0 Å². The number of nitrogens with zero attached hydrogens (tertiary/aromatic N) is 1. The Balaban J connectivity index is 2.43. The zero-order valence-corrected chi connectivity index (χ0v) is 15.8. The smallest absolute Gasteiger partial charge is 0.142 e. The van der Waals surface area contributed by atoms with Gasteiger partial charge >= 0.3 is 0 Å². The van der Waals surface area contributed by atoms with Gasteiger partial charge in [-0.3, -0.25) is 4.99 Å². The molecule has 0 heterocycles. The Morgan fingerprint density at radius 1 is 1.18 bits per heavy atom. The Bertz CT molecular complexity index is 712. The van der Waals surface area contributed by atoms with Crippen LogP contribution < -0.4 is 4.74 Å². The van der Waals surface area contributed by atoms with Crippen molar-refractivity contribution in [1.29, 1.82) is 0 Å². The number of halogens is 2. The van der Waals surface area contributed by atoms with Crippen LogP contribution in [0.1, 0.15) is 25.0 Å². The van der Waals surface area contributed by atoms with Crippen LogP contribution in [0.3, 0.4) is 0 Å². The van der Waals surface area contributed by atoms with Crippen molar-refractivity contribution >= 4 is 43.8 Å².